The summed E-state index contributed by atoms with van der Waals surface area (Å²) in [6.07, 6.45) is 0. The van der Waals surface area contributed by atoms with Crippen LogP contribution in [-0.2, 0) is 14.3 Å². The summed E-state index contributed by atoms with van der Waals surface area (Å²) in [4.78, 5) is 36.9. The highest BCUT2D eigenvalue weighted by atomic mass is 35.5. The summed E-state index contributed by atoms with van der Waals surface area (Å²) in [6, 6.07) is 9.47. The molecule has 136 valence electrons. The summed E-state index contributed by atoms with van der Waals surface area (Å²) in [5.74, 6) is -1.95. The molecule has 0 saturated carbocycles. The van der Waals surface area contributed by atoms with Crippen LogP contribution in [0.25, 0.3) is 0 Å². The van der Waals surface area contributed by atoms with Gasteiger partial charge in [-0.15, -0.1) is 0 Å². The predicted molar refractivity (Wildman–Crippen MR) is 95.8 cm³/mol. The number of esters is 1. The Labute approximate surface area is 154 Å². The predicted octanol–water partition coefficient (Wildman–Crippen LogP) is 3.26. The summed E-state index contributed by atoms with van der Waals surface area (Å²) in [5, 5.41) is 2.77. The van der Waals surface area contributed by atoms with Gasteiger partial charge in [0.1, 0.15) is 12.4 Å². The number of anilines is 2. The first-order valence-corrected chi connectivity index (χ1v) is 7.91. The number of rotatable bonds is 5. The zero-order chi connectivity index (χ0) is 19.3. The number of nitrogens with one attached hydrogen (secondary N) is 1. The second-order valence-corrected chi connectivity index (χ2v) is 5.72. The Bertz CT molecular complexity index is 840. The van der Waals surface area contributed by atoms with Crippen LogP contribution in [0.5, 0.6) is 0 Å². The average molecular weight is 379 g/mol. The molecule has 0 unspecified atom stereocenters. The zero-order valence-corrected chi connectivity index (χ0v) is 14.8. The lowest BCUT2D eigenvalue weighted by molar-refractivity contribution is -0.120. The van der Waals surface area contributed by atoms with Crippen molar-refractivity contribution in [1.29, 1.82) is 0 Å². The summed E-state index contributed by atoms with van der Waals surface area (Å²) in [6.45, 7) is 0.987. The first-order valence-electron chi connectivity index (χ1n) is 7.53. The van der Waals surface area contributed by atoms with Gasteiger partial charge in [-0.1, -0.05) is 11.6 Å². The lowest BCUT2D eigenvalue weighted by Crippen LogP contribution is -2.36. The maximum atomic E-state index is 13.0. The number of ether oxygens (including phenoxy) is 1. The third-order valence-electron chi connectivity index (χ3n) is 3.48. The second-order valence-electron chi connectivity index (χ2n) is 5.32. The molecule has 0 radical (unpaired) electrons. The molecule has 8 heteroatoms. The first-order chi connectivity index (χ1) is 12.3. The van der Waals surface area contributed by atoms with Gasteiger partial charge in [-0.05, 0) is 42.5 Å². The number of carbonyl (C=O) groups excluding carboxylic acids is 3. The van der Waals surface area contributed by atoms with E-state index in [1.54, 1.807) is 0 Å². The molecule has 2 aromatic rings. The standard InChI is InChI=1S/C18H16ClFN2O4/c1-11(23)22(14-6-4-13(20)5-7-14)10-17(24)21-16-9-12(18(25)26-2)3-8-15(16)19/h3-9H,10H2,1-2H3,(H,21,24). The highest BCUT2D eigenvalue weighted by Crippen LogP contribution is 2.24. The fraction of sp³-hybridized carbons (Fsp3) is 0.167. The Morgan fingerprint density at radius 3 is 2.38 bits per heavy atom. The molecule has 0 aliphatic rings. The molecule has 0 aliphatic carbocycles. The van der Waals surface area contributed by atoms with Crippen molar-refractivity contribution in [3.8, 4) is 0 Å². The molecule has 1 N–H and O–H groups in total. The fourth-order valence-corrected chi connectivity index (χ4v) is 2.37. The van der Waals surface area contributed by atoms with E-state index in [2.05, 4.69) is 10.1 Å². The molecule has 6 nitrogen and oxygen atoms in total. The molecule has 0 heterocycles. The van der Waals surface area contributed by atoms with Crippen LogP contribution in [0.15, 0.2) is 42.5 Å². The Morgan fingerprint density at radius 2 is 1.81 bits per heavy atom. The van der Waals surface area contributed by atoms with E-state index >= 15 is 0 Å². The molecule has 0 atom stereocenters. The molecule has 2 rings (SSSR count). The van der Waals surface area contributed by atoms with Gasteiger partial charge in [-0.3, -0.25) is 9.59 Å². The molecule has 26 heavy (non-hydrogen) atoms. The van der Waals surface area contributed by atoms with Gasteiger partial charge in [-0.2, -0.15) is 0 Å². The van der Waals surface area contributed by atoms with Crippen LogP contribution in [0.4, 0.5) is 15.8 Å². The highest BCUT2D eigenvalue weighted by molar-refractivity contribution is 6.34. The SMILES string of the molecule is COC(=O)c1ccc(Cl)c(NC(=O)CN(C(C)=O)c2ccc(F)cc2)c1. The van der Waals surface area contributed by atoms with E-state index < -0.39 is 17.7 Å². The van der Waals surface area contributed by atoms with Gasteiger partial charge in [0.2, 0.25) is 11.8 Å². The van der Waals surface area contributed by atoms with Crippen LogP contribution < -0.4 is 10.2 Å². The van der Waals surface area contributed by atoms with Gasteiger partial charge < -0.3 is 15.0 Å². The fourth-order valence-electron chi connectivity index (χ4n) is 2.20. The molecule has 2 aromatic carbocycles. The van der Waals surface area contributed by atoms with E-state index in [0.717, 1.165) is 0 Å². The van der Waals surface area contributed by atoms with Crippen molar-refractivity contribution in [3.63, 3.8) is 0 Å². The molecule has 0 bridgehead atoms. The number of amides is 2. The van der Waals surface area contributed by atoms with Gasteiger partial charge in [0.05, 0.1) is 23.4 Å². The van der Waals surface area contributed by atoms with Gasteiger partial charge in [0, 0.05) is 12.6 Å². The smallest absolute Gasteiger partial charge is 0.337 e. The molecular formula is C18H16ClFN2O4. The van der Waals surface area contributed by atoms with Crippen LogP contribution in [-0.4, -0.2) is 31.4 Å². The van der Waals surface area contributed by atoms with E-state index in [1.807, 2.05) is 0 Å². The van der Waals surface area contributed by atoms with Crippen LogP contribution >= 0.6 is 11.6 Å². The average Bonchev–Trinajstić information content (AvgIpc) is 2.61. The van der Waals surface area contributed by atoms with Crippen molar-refractivity contribution in [2.45, 2.75) is 6.92 Å². The van der Waals surface area contributed by atoms with E-state index in [4.69, 9.17) is 11.6 Å². The number of benzene rings is 2. The van der Waals surface area contributed by atoms with Crippen LogP contribution in [0.1, 0.15) is 17.3 Å². The number of hydrogen-bond donors (Lipinski definition) is 1. The Hall–Kier alpha value is -2.93. The van der Waals surface area contributed by atoms with E-state index in [9.17, 15) is 18.8 Å². The maximum Gasteiger partial charge on any atom is 0.337 e. The van der Waals surface area contributed by atoms with Gasteiger partial charge >= 0.3 is 5.97 Å². The second kappa shape index (κ2) is 8.44. The Balaban J connectivity index is 2.17. The molecule has 2 amide bonds. The molecule has 0 fully saturated rings. The lowest BCUT2D eigenvalue weighted by Gasteiger charge is -2.21. The number of nitrogens with zero attached hydrogens (tertiary/aromatic N) is 1. The molecule has 0 aromatic heterocycles. The van der Waals surface area contributed by atoms with Crippen molar-refractivity contribution in [3.05, 3.63) is 58.9 Å². The van der Waals surface area contributed by atoms with E-state index in [-0.39, 0.29) is 28.7 Å². The van der Waals surface area contributed by atoms with Crippen molar-refractivity contribution in [2.75, 3.05) is 23.9 Å². The first kappa shape index (κ1) is 19.4. The van der Waals surface area contributed by atoms with Gasteiger partial charge in [-0.25, -0.2) is 9.18 Å². The minimum atomic E-state index is -0.575. The minimum Gasteiger partial charge on any atom is -0.465 e. The zero-order valence-electron chi connectivity index (χ0n) is 14.1. The molecular weight excluding hydrogens is 363 g/mol. The minimum absolute atomic E-state index is 0.210. The van der Waals surface area contributed by atoms with E-state index in [0.29, 0.717) is 5.69 Å². The van der Waals surface area contributed by atoms with Gasteiger partial charge in [0.25, 0.3) is 0 Å². The molecule has 0 spiro atoms. The van der Waals surface area contributed by atoms with E-state index in [1.165, 1.54) is 61.4 Å². The maximum absolute atomic E-state index is 13.0. The summed E-state index contributed by atoms with van der Waals surface area (Å²) >= 11 is 6.03. The third-order valence-corrected chi connectivity index (χ3v) is 3.81. The Morgan fingerprint density at radius 1 is 1.15 bits per heavy atom. The van der Waals surface area contributed by atoms with Crippen molar-refractivity contribution in [2.24, 2.45) is 0 Å². The number of carbonyl (C=O) groups is 3. The normalized spacial score (nSPS) is 10.2. The monoisotopic (exact) mass is 378 g/mol. The third kappa shape index (κ3) is 4.80. The number of methoxy groups -OCH3 is 1. The van der Waals surface area contributed by atoms with Crippen molar-refractivity contribution in [1.82, 2.24) is 0 Å². The number of halogens is 2. The molecule has 0 aliphatic heterocycles. The van der Waals surface area contributed by atoms with Crippen LogP contribution in [0.2, 0.25) is 5.02 Å². The number of hydrogen-bond acceptors (Lipinski definition) is 4. The summed E-state index contributed by atoms with van der Waals surface area (Å²) in [7, 11) is 1.24. The quantitative estimate of drug-likeness (QED) is 0.810. The Kier molecular flexibility index (Phi) is 6.30. The van der Waals surface area contributed by atoms with Crippen molar-refractivity contribution < 1.29 is 23.5 Å². The van der Waals surface area contributed by atoms with Crippen molar-refractivity contribution >= 4 is 40.8 Å². The topological polar surface area (TPSA) is 75.7 Å². The van der Waals surface area contributed by atoms with Gasteiger partial charge in [0.15, 0.2) is 0 Å². The van der Waals surface area contributed by atoms with Crippen LogP contribution in [0.3, 0.4) is 0 Å². The van der Waals surface area contributed by atoms with Crippen LogP contribution in [0, 0.1) is 5.82 Å². The largest absolute Gasteiger partial charge is 0.465 e. The summed E-state index contributed by atoms with van der Waals surface area (Å²) in [5.41, 5.74) is 0.805. The summed E-state index contributed by atoms with van der Waals surface area (Å²) < 4.78 is 17.7. The highest BCUT2D eigenvalue weighted by Gasteiger charge is 2.17. The lowest BCUT2D eigenvalue weighted by atomic mass is 10.2. The molecule has 0 saturated heterocycles.